The summed E-state index contributed by atoms with van der Waals surface area (Å²) in [6.07, 6.45) is 4.46. The van der Waals surface area contributed by atoms with Gasteiger partial charge in [0, 0.05) is 45.1 Å². The summed E-state index contributed by atoms with van der Waals surface area (Å²) in [7, 11) is 0. The number of benzene rings is 1. The molecule has 0 aromatic heterocycles. The van der Waals surface area contributed by atoms with Gasteiger partial charge < -0.3 is 0 Å². The Hall–Kier alpha value is -0.830. The molecule has 0 radical (unpaired) electrons. The second-order valence-corrected chi connectivity index (χ2v) is 5.02. The minimum Gasteiger partial charge on any atom is -0.300 e. The molecule has 98 valence electrons. The van der Waals surface area contributed by atoms with Crippen LogP contribution in [0.15, 0.2) is 36.4 Å². The van der Waals surface area contributed by atoms with E-state index in [1.807, 2.05) is 6.07 Å². The second-order valence-electron chi connectivity index (χ2n) is 4.64. The zero-order valence-corrected chi connectivity index (χ0v) is 11.5. The highest BCUT2D eigenvalue weighted by atomic mass is 35.5. The van der Waals surface area contributed by atoms with Crippen molar-refractivity contribution in [2.24, 2.45) is 0 Å². The van der Waals surface area contributed by atoms with Crippen LogP contribution in [-0.2, 0) is 0 Å². The fraction of sp³-hybridized carbons (Fsp3) is 0.467. The van der Waals surface area contributed by atoms with E-state index in [9.17, 15) is 0 Å². The summed E-state index contributed by atoms with van der Waals surface area (Å²) in [5.74, 6) is 0.744. The first kappa shape index (κ1) is 13.6. The quantitative estimate of drug-likeness (QED) is 0.755. The first-order valence-electron chi connectivity index (χ1n) is 6.61. The fourth-order valence-electron chi connectivity index (χ4n) is 2.22. The Kier molecular flexibility index (Phi) is 5.72. The molecule has 0 saturated carbocycles. The molecule has 0 amide bonds. The number of nitrogens with zero attached hydrogens (tertiary/aromatic N) is 2. The van der Waals surface area contributed by atoms with Gasteiger partial charge >= 0.3 is 0 Å². The number of hydrogen-bond acceptors (Lipinski definition) is 2. The van der Waals surface area contributed by atoms with Gasteiger partial charge in [0.25, 0.3) is 0 Å². The normalized spacial score (nSPS) is 18.5. The van der Waals surface area contributed by atoms with E-state index in [0.29, 0.717) is 0 Å². The smallest absolute Gasteiger partial charge is 0.0351 e. The fourth-order valence-corrected chi connectivity index (χ4v) is 2.46. The summed E-state index contributed by atoms with van der Waals surface area (Å²) in [5, 5.41) is 0. The lowest BCUT2D eigenvalue weighted by molar-refractivity contribution is 0.149. The minimum atomic E-state index is 0.744. The molecule has 3 heteroatoms. The lowest BCUT2D eigenvalue weighted by Gasteiger charge is -2.33. The largest absolute Gasteiger partial charge is 0.300 e. The highest BCUT2D eigenvalue weighted by Crippen LogP contribution is 2.04. The maximum atomic E-state index is 5.76. The number of alkyl halides is 1. The Balaban J connectivity index is 1.71. The summed E-state index contributed by atoms with van der Waals surface area (Å²) in [5.41, 5.74) is 1.28. The van der Waals surface area contributed by atoms with Crippen LogP contribution in [0.1, 0.15) is 5.56 Å². The van der Waals surface area contributed by atoms with E-state index in [0.717, 1.165) is 45.1 Å². The molecule has 2 nitrogen and oxygen atoms in total. The third kappa shape index (κ3) is 4.45. The zero-order valence-electron chi connectivity index (χ0n) is 10.8. The lowest BCUT2D eigenvalue weighted by atomic mass is 10.2. The highest BCUT2D eigenvalue weighted by Gasteiger charge is 2.14. The van der Waals surface area contributed by atoms with Crippen LogP contribution in [0.25, 0.3) is 6.08 Å². The van der Waals surface area contributed by atoms with E-state index in [-0.39, 0.29) is 0 Å². The predicted molar refractivity (Wildman–Crippen MR) is 79.1 cm³/mol. The zero-order chi connectivity index (χ0) is 12.6. The molecule has 0 atom stereocenters. The molecule has 0 spiro atoms. The molecule has 1 saturated heterocycles. The van der Waals surface area contributed by atoms with Crippen LogP contribution >= 0.6 is 11.6 Å². The predicted octanol–water partition coefficient (Wildman–Crippen LogP) is 2.56. The van der Waals surface area contributed by atoms with Crippen LogP contribution in [0, 0.1) is 0 Å². The third-order valence-electron chi connectivity index (χ3n) is 3.34. The molecule has 1 aliphatic rings. The Bertz CT molecular complexity index is 356. The average molecular weight is 265 g/mol. The molecule has 0 unspecified atom stereocenters. The van der Waals surface area contributed by atoms with E-state index in [4.69, 9.17) is 11.6 Å². The summed E-state index contributed by atoms with van der Waals surface area (Å²) in [6, 6.07) is 10.5. The number of piperazine rings is 1. The second kappa shape index (κ2) is 7.57. The molecule has 1 heterocycles. The summed E-state index contributed by atoms with van der Waals surface area (Å²) < 4.78 is 0. The first-order valence-corrected chi connectivity index (χ1v) is 7.14. The van der Waals surface area contributed by atoms with Crippen LogP contribution in [0.2, 0.25) is 0 Å². The van der Waals surface area contributed by atoms with Gasteiger partial charge in [-0.05, 0) is 5.56 Å². The van der Waals surface area contributed by atoms with E-state index < -0.39 is 0 Å². The molecular formula is C15H21ClN2. The van der Waals surface area contributed by atoms with Gasteiger partial charge in [0.1, 0.15) is 0 Å². The van der Waals surface area contributed by atoms with E-state index in [1.165, 1.54) is 5.56 Å². The van der Waals surface area contributed by atoms with Gasteiger partial charge in [0.2, 0.25) is 0 Å². The van der Waals surface area contributed by atoms with Gasteiger partial charge in [-0.25, -0.2) is 0 Å². The summed E-state index contributed by atoms with van der Waals surface area (Å²) in [6.45, 7) is 6.66. The molecule has 0 aliphatic carbocycles. The average Bonchev–Trinajstić information content (AvgIpc) is 2.42. The number of rotatable bonds is 5. The van der Waals surface area contributed by atoms with Crippen molar-refractivity contribution in [3.8, 4) is 0 Å². The van der Waals surface area contributed by atoms with Gasteiger partial charge in [-0.3, -0.25) is 9.80 Å². The number of halogens is 1. The third-order valence-corrected chi connectivity index (χ3v) is 3.51. The molecule has 1 aromatic rings. The van der Waals surface area contributed by atoms with Gasteiger partial charge in [0.05, 0.1) is 0 Å². The van der Waals surface area contributed by atoms with Crippen molar-refractivity contribution < 1.29 is 0 Å². The maximum absolute atomic E-state index is 5.76. The molecule has 18 heavy (non-hydrogen) atoms. The number of hydrogen-bond donors (Lipinski definition) is 0. The molecule has 1 fully saturated rings. The van der Waals surface area contributed by atoms with Crippen molar-refractivity contribution in [1.29, 1.82) is 0 Å². The van der Waals surface area contributed by atoms with E-state index >= 15 is 0 Å². The van der Waals surface area contributed by atoms with Crippen molar-refractivity contribution >= 4 is 17.7 Å². The molecule has 1 aromatic carbocycles. The van der Waals surface area contributed by atoms with Crippen LogP contribution in [0.5, 0.6) is 0 Å². The van der Waals surface area contributed by atoms with Crippen molar-refractivity contribution in [2.75, 3.05) is 45.1 Å². The van der Waals surface area contributed by atoms with Crippen molar-refractivity contribution in [3.05, 3.63) is 42.0 Å². The molecule has 0 bridgehead atoms. The molecular weight excluding hydrogens is 244 g/mol. The van der Waals surface area contributed by atoms with Crippen LogP contribution in [0.4, 0.5) is 0 Å². The van der Waals surface area contributed by atoms with Crippen LogP contribution < -0.4 is 0 Å². The van der Waals surface area contributed by atoms with Crippen LogP contribution in [0.3, 0.4) is 0 Å². The van der Waals surface area contributed by atoms with Gasteiger partial charge in [-0.15, -0.1) is 11.6 Å². The van der Waals surface area contributed by atoms with Crippen molar-refractivity contribution in [1.82, 2.24) is 9.80 Å². The van der Waals surface area contributed by atoms with Crippen molar-refractivity contribution in [3.63, 3.8) is 0 Å². The van der Waals surface area contributed by atoms with E-state index in [2.05, 4.69) is 46.2 Å². The first-order chi connectivity index (χ1) is 8.88. The maximum Gasteiger partial charge on any atom is 0.0351 e. The standard InChI is InChI=1S/C15H21ClN2/c16-8-10-18-13-11-17(12-14-18)9-4-7-15-5-2-1-3-6-15/h1-7H,8-14H2/b7-4+. The monoisotopic (exact) mass is 264 g/mol. The highest BCUT2D eigenvalue weighted by molar-refractivity contribution is 6.18. The Labute approximate surface area is 115 Å². The van der Waals surface area contributed by atoms with Crippen molar-refractivity contribution in [2.45, 2.75) is 0 Å². The SMILES string of the molecule is ClCCN1CCN(C/C=C/c2ccccc2)CC1. The molecule has 1 aliphatic heterocycles. The topological polar surface area (TPSA) is 6.48 Å². The summed E-state index contributed by atoms with van der Waals surface area (Å²) in [4.78, 5) is 4.93. The van der Waals surface area contributed by atoms with Gasteiger partial charge in [-0.1, -0.05) is 42.5 Å². The molecule has 0 N–H and O–H groups in total. The Morgan fingerprint density at radius 3 is 2.33 bits per heavy atom. The Morgan fingerprint density at radius 2 is 1.67 bits per heavy atom. The summed E-state index contributed by atoms with van der Waals surface area (Å²) >= 11 is 5.76. The van der Waals surface area contributed by atoms with Gasteiger partial charge in [0.15, 0.2) is 0 Å². The Morgan fingerprint density at radius 1 is 1.00 bits per heavy atom. The van der Waals surface area contributed by atoms with E-state index in [1.54, 1.807) is 0 Å². The van der Waals surface area contributed by atoms with Crippen LogP contribution in [-0.4, -0.2) is 54.9 Å². The minimum absolute atomic E-state index is 0.744. The molecule has 2 rings (SSSR count). The lowest BCUT2D eigenvalue weighted by Crippen LogP contribution is -2.46. The van der Waals surface area contributed by atoms with Gasteiger partial charge in [-0.2, -0.15) is 0 Å².